The highest BCUT2D eigenvalue weighted by Crippen LogP contribution is 2.31. The van der Waals surface area contributed by atoms with Gasteiger partial charge in [-0.1, -0.05) is 18.2 Å². The Hall–Kier alpha value is -2.32. The molecule has 0 amide bonds. The first-order valence-electron chi connectivity index (χ1n) is 8.90. The summed E-state index contributed by atoms with van der Waals surface area (Å²) in [6.07, 6.45) is 0.559. The Morgan fingerprint density at radius 3 is 2.61 bits per heavy atom. The van der Waals surface area contributed by atoms with E-state index in [1.54, 1.807) is 25.1 Å². The van der Waals surface area contributed by atoms with Crippen molar-refractivity contribution in [3.05, 3.63) is 59.7 Å². The van der Waals surface area contributed by atoms with Crippen LogP contribution in [0.5, 0.6) is 0 Å². The summed E-state index contributed by atoms with van der Waals surface area (Å²) in [4.78, 5) is 25.2. The van der Waals surface area contributed by atoms with E-state index in [4.69, 9.17) is 4.74 Å². The maximum Gasteiger partial charge on any atom is 0.316 e. The highest BCUT2D eigenvalue weighted by molar-refractivity contribution is 8.00. The van der Waals surface area contributed by atoms with Gasteiger partial charge in [-0.3, -0.25) is 13.9 Å². The van der Waals surface area contributed by atoms with Crippen molar-refractivity contribution in [3.8, 4) is 0 Å². The summed E-state index contributed by atoms with van der Waals surface area (Å²) in [6.45, 7) is 1.66. The van der Waals surface area contributed by atoms with Gasteiger partial charge in [-0.25, -0.2) is 8.42 Å². The normalized spacial score (nSPS) is 13.2. The number of carbonyl (C=O) groups is 2. The number of rotatable bonds is 8. The van der Waals surface area contributed by atoms with Crippen LogP contribution in [0.1, 0.15) is 22.8 Å². The minimum absolute atomic E-state index is 0.0318. The Morgan fingerprint density at radius 2 is 1.89 bits per heavy atom. The molecule has 0 unspecified atom stereocenters. The molecule has 0 fully saturated rings. The summed E-state index contributed by atoms with van der Waals surface area (Å²) < 4.78 is 30.7. The molecular weight excluding hydrogens is 398 g/mol. The Balaban J connectivity index is 1.56. The standard InChI is InChI=1S/C20H21NO5S2/c1-2-28(24,25)21-11-10-15-12-16(8-9-18(15)21)19(22)13-26-20(23)14-27-17-6-4-3-5-7-17/h3-9,12H,2,10-11,13-14H2,1H3. The van der Waals surface area contributed by atoms with Crippen LogP contribution < -0.4 is 4.31 Å². The predicted molar refractivity (Wildman–Crippen MR) is 109 cm³/mol. The minimum Gasteiger partial charge on any atom is -0.457 e. The number of ketones is 1. The van der Waals surface area contributed by atoms with Gasteiger partial charge in [-0.05, 0) is 49.2 Å². The van der Waals surface area contributed by atoms with Gasteiger partial charge in [0.1, 0.15) is 0 Å². The molecule has 0 radical (unpaired) electrons. The smallest absolute Gasteiger partial charge is 0.316 e. The largest absolute Gasteiger partial charge is 0.457 e. The number of sulfonamides is 1. The van der Waals surface area contributed by atoms with Crippen molar-refractivity contribution in [3.63, 3.8) is 0 Å². The fourth-order valence-corrected chi connectivity index (χ4v) is 4.80. The Bertz CT molecular complexity index is 973. The molecule has 1 aliphatic rings. The van der Waals surface area contributed by atoms with E-state index in [1.165, 1.54) is 16.1 Å². The first-order valence-corrected chi connectivity index (χ1v) is 11.5. The molecule has 8 heteroatoms. The quantitative estimate of drug-likeness (QED) is 0.372. The molecular formula is C20H21NO5S2. The zero-order chi connectivity index (χ0) is 20.1. The van der Waals surface area contributed by atoms with Gasteiger partial charge in [0.25, 0.3) is 0 Å². The summed E-state index contributed by atoms with van der Waals surface area (Å²) in [7, 11) is -3.32. The number of thioether (sulfide) groups is 1. The van der Waals surface area contributed by atoms with Crippen LogP contribution in [0.2, 0.25) is 0 Å². The molecule has 148 valence electrons. The van der Waals surface area contributed by atoms with Gasteiger partial charge in [-0.2, -0.15) is 0 Å². The second kappa shape index (κ2) is 8.79. The topological polar surface area (TPSA) is 80.8 Å². The molecule has 2 aromatic rings. The van der Waals surface area contributed by atoms with Crippen LogP contribution in [0.4, 0.5) is 5.69 Å². The van der Waals surface area contributed by atoms with Gasteiger partial charge in [0.2, 0.25) is 10.0 Å². The van der Waals surface area contributed by atoms with Gasteiger partial charge in [0.15, 0.2) is 12.4 Å². The maximum atomic E-state index is 12.3. The summed E-state index contributed by atoms with van der Waals surface area (Å²) >= 11 is 1.35. The number of esters is 1. The minimum atomic E-state index is -3.32. The van der Waals surface area contributed by atoms with Crippen LogP contribution in [0.25, 0.3) is 0 Å². The molecule has 1 heterocycles. The highest BCUT2D eigenvalue weighted by Gasteiger charge is 2.28. The lowest BCUT2D eigenvalue weighted by Gasteiger charge is -2.18. The summed E-state index contributed by atoms with van der Waals surface area (Å²) in [5.41, 5.74) is 1.85. The molecule has 3 rings (SSSR count). The first kappa shape index (κ1) is 20.4. The third kappa shape index (κ3) is 4.74. The van der Waals surface area contributed by atoms with E-state index < -0.39 is 16.0 Å². The van der Waals surface area contributed by atoms with E-state index in [0.717, 1.165) is 10.5 Å². The number of hydrogen-bond acceptors (Lipinski definition) is 6. The average Bonchev–Trinajstić information content (AvgIpc) is 3.15. The maximum absolute atomic E-state index is 12.3. The fraction of sp³-hybridized carbons (Fsp3) is 0.300. The van der Waals surface area contributed by atoms with E-state index in [9.17, 15) is 18.0 Å². The second-order valence-electron chi connectivity index (χ2n) is 6.25. The molecule has 28 heavy (non-hydrogen) atoms. The molecule has 1 aliphatic heterocycles. The number of Topliss-reactive ketones (excluding diaryl/α,β-unsaturated/α-hetero) is 1. The Morgan fingerprint density at radius 1 is 1.14 bits per heavy atom. The zero-order valence-electron chi connectivity index (χ0n) is 15.5. The van der Waals surface area contributed by atoms with E-state index >= 15 is 0 Å². The van der Waals surface area contributed by atoms with E-state index in [1.807, 2.05) is 30.3 Å². The number of nitrogens with zero attached hydrogens (tertiary/aromatic N) is 1. The van der Waals surface area contributed by atoms with Crippen LogP contribution in [0, 0.1) is 0 Å². The summed E-state index contributed by atoms with van der Waals surface area (Å²) in [6, 6.07) is 14.4. The first-order chi connectivity index (χ1) is 13.4. The second-order valence-corrected chi connectivity index (χ2v) is 9.48. The van der Waals surface area contributed by atoms with Crippen LogP contribution >= 0.6 is 11.8 Å². The molecule has 0 atom stereocenters. The molecule has 0 saturated heterocycles. The van der Waals surface area contributed by atoms with Crippen molar-refractivity contribution >= 4 is 39.2 Å². The molecule has 0 spiro atoms. The molecule has 0 bridgehead atoms. The number of benzene rings is 2. The Kier molecular flexibility index (Phi) is 6.41. The SMILES string of the molecule is CCS(=O)(=O)N1CCc2cc(C(=O)COC(=O)CSc3ccccc3)ccc21. The van der Waals surface area contributed by atoms with Crippen molar-refractivity contribution in [2.75, 3.05) is 29.0 Å². The van der Waals surface area contributed by atoms with Gasteiger partial charge >= 0.3 is 5.97 Å². The molecule has 2 aromatic carbocycles. The van der Waals surface area contributed by atoms with Gasteiger partial charge in [0, 0.05) is 17.0 Å². The number of hydrogen-bond donors (Lipinski definition) is 0. The van der Waals surface area contributed by atoms with Gasteiger partial charge in [-0.15, -0.1) is 11.8 Å². The zero-order valence-corrected chi connectivity index (χ0v) is 17.1. The van der Waals surface area contributed by atoms with Crippen LogP contribution in [0.3, 0.4) is 0 Å². The van der Waals surface area contributed by atoms with E-state index in [2.05, 4.69) is 0 Å². The third-order valence-corrected chi connectivity index (χ3v) is 7.19. The van der Waals surface area contributed by atoms with Crippen LogP contribution in [-0.2, 0) is 26.0 Å². The predicted octanol–water partition coefficient (Wildman–Crippen LogP) is 2.92. The lowest BCUT2D eigenvalue weighted by molar-refractivity contribution is -0.139. The molecule has 0 N–H and O–H groups in total. The summed E-state index contributed by atoms with van der Waals surface area (Å²) in [5, 5.41) is 0. The molecule has 6 nitrogen and oxygen atoms in total. The van der Waals surface area contributed by atoms with Crippen molar-refractivity contribution in [1.82, 2.24) is 0 Å². The lowest BCUT2D eigenvalue weighted by Crippen LogP contribution is -2.30. The number of anilines is 1. The van der Waals surface area contributed by atoms with Crippen molar-refractivity contribution in [2.24, 2.45) is 0 Å². The number of carbonyl (C=O) groups excluding carboxylic acids is 2. The lowest BCUT2D eigenvalue weighted by atomic mass is 10.1. The molecule has 0 saturated carbocycles. The van der Waals surface area contributed by atoms with E-state index in [-0.39, 0.29) is 23.9 Å². The average molecular weight is 420 g/mol. The van der Waals surface area contributed by atoms with Crippen LogP contribution in [-0.4, -0.2) is 44.8 Å². The van der Waals surface area contributed by atoms with Gasteiger partial charge < -0.3 is 4.74 Å². The monoisotopic (exact) mass is 419 g/mol. The number of ether oxygens (including phenoxy) is 1. The Labute approximate surface area is 168 Å². The third-order valence-electron chi connectivity index (χ3n) is 4.42. The molecule has 0 aromatic heterocycles. The van der Waals surface area contributed by atoms with Crippen LogP contribution in [0.15, 0.2) is 53.4 Å². The van der Waals surface area contributed by atoms with Crippen molar-refractivity contribution in [1.29, 1.82) is 0 Å². The van der Waals surface area contributed by atoms with Crippen molar-refractivity contribution in [2.45, 2.75) is 18.2 Å². The molecule has 0 aliphatic carbocycles. The fourth-order valence-electron chi connectivity index (χ4n) is 2.92. The van der Waals surface area contributed by atoms with Gasteiger partial charge in [0.05, 0.1) is 17.2 Å². The highest BCUT2D eigenvalue weighted by atomic mass is 32.2. The summed E-state index contributed by atoms with van der Waals surface area (Å²) in [5.74, 6) is -0.601. The van der Waals surface area contributed by atoms with Crippen molar-refractivity contribution < 1.29 is 22.7 Å². The van der Waals surface area contributed by atoms with E-state index in [0.29, 0.717) is 24.2 Å². The number of fused-ring (bicyclic) bond motifs is 1.